The van der Waals surface area contributed by atoms with Gasteiger partial charge in [-0.25, -0.2) is 0 Å². The van der Waals surface area contributed by atoms with Gasteiger partial charge < -0.3 is 15.6 Å². The van der Waals surface area contributed by atoms with Crippen molar-refractivity contribution in [2.75, 3.05) is 0 Å². The molecule has 0 spiro atoms. The minimum atomic E-state index is -0.866. The van der Waals surface area contributed by atoms with Gasteiger partial charge in [-0.1, -0.05) is 12.2 Å². The highest BCUT2D eigenvalue weighted by Gasteiger charge is 2.47. The third-order valence-electron chi connectivity index (χ3n) is 2.24. The summed E-state index contributed by atoms with van der Waals surface area (Å²) in [7, 11) is 0. The molecule has 0 aromatic rings. The third kappa shape index (κ3) is 0.797. The summed E-state index contributed by atoms with van der Waals surface area (Å²) in [5.41, 5.74) is 5.61. The Morgan fingerprint density at radius 1 is 1.45 bits per heavy atom. The van der Waals surface area contributed by atoms with Gasteiger partial charge in [0.15, 0.2) is 0 Å². The lowest BCUT2D eigenvalue weighted by molar-refractivity contribution is -0.143. The second-order valence-corrected chi connectivity index (χ2v) is 2.89. The molecule has 0 aliphatic carbocycles. The van der Waals surface area contributed by atoms with Gasteiger partial charge in [-0.05, 0) is 0 Å². The van der Waals surface area contributed by atoms with E-state index in [-0.39, 0.29) is 18.2 Å². The Morgan fingerprint density at radius 3 is 2.45 bits per heavy atom. The van der Waals surface area contributed by atoms with E-state index in [9.17, 15) is 4.79 Å². The SMILES string of the molecule is N[C@H]1[C@H](C(=O)O)[C@H]2C=C[C@@H]1O2. The molecular weight excluding hydrogens is 146 g/mol. The van der Waals surface area contributed by atoms with Gasteiger partial charge in [0.1, 0.15) is 5.92 Å². The fraction of sp³-hybridized carbons (Fsp3) is 0.571. The van der Waals surface area contributed by atoms with E-state index in [4.69, 9.17) is 15.6 Å². The molecule has 2 aliphatic heterocycles. The van der Waals surface area contributed by atoms with Crippen LogP contribution in [0.25, 0.3) is 0 Å². The van der Waals surface area contributed by atoms with E-state index in [1.807, 2.05) is 6.08 Å². The second kappa shape index (κ2) is 2.06. The number of carbonyl (C=O) groups is 1. The third-order valence-corrected chi connectivity index (χ3v) is 2.24. The number of ether oxygens (including phenoxy) is 1. The van der Waals surface area contributed by atoms with Crippen molar-refractivity contribution in [3.63, 3.8) is 0 Å². The molecular formula is C7H9NO3. The monoisotopic (exact) mass is 155 g/mol. The van der Waals surface area contributed by atoms with E-state index >= 15 is 0 Å². The Hall–Kier alpha value is -0.870. The van der Waals surface area contributed by atoms with Crippen LogP contribution in [0.5, 0.6) is 0 Å². The predicted octanol–water partition coefficient (Wildman–Crippen LogP) is -0.648. The van der Waals surface area contributed by atoms with Crippen LogP contribution in [-0.4, -0.2) is 29.3 Å². The highest BCUT2D eigenvalue weighted by Crippen LogP contribution is 2.32. The van der Waals surface area contributed by atoms with Crippen molar-refractivity contribution in [1.82, 2.24) is 0 Å². The van der Waals surface area contributed by atoms with Crippen molar-refractivity contribution >= 4 is 5.97 Å². The van der Waals surface area contributed by atoms with Gasteiger partial charge in [0, 0.05) is 0 Å². The number of hydrogen-bond donors (Lipinski definition) is 2. The molecule has 2 bridgehead atoms. The zero-order valence-corrected chi connectivity index (χ0v) is 5.81. The molecule has 4 atom stereocenters. The predicted molar refractivity (Wildman–Crippen MR) is 36.9 cm³/mol. The van der Waals surface area contributed by atoms with Crippen LogP contribution in [0, 0.1) is 5.92 Å². The van der Waals surface area contributed by atoms with Crippen LogP contribution in [0.3, 0.4) is 0 Å². The molecule has 0 unspecified atom stereocenters. The number of rotatable bonds is 1. The highest BCUT2D eigenvalue weighted by molar-refractivity contribution is 5.73. The molecule has 0 saturated carbocycles. The number of carboxylic acids is 1. The summed E-state index contributed by atoms with van der Waals surface area (Å²) >= 11 is 0. The summed E-state index contributed by atoms with van der Waals surface area (Å²) in [6.45, 7) is 0. The van der Waals surface area contributed by atoms with E-state index in [0.29, 0.717) is 0 Å². The summed E-state index contributed by atoms with van der Waals surface area (Å²) in [6.07, 6.45) is 3.12. The van der Waals surface area contributed by atoms with Crippen LogP contribution in [0.1, 0.15) is 0 Å². The van der Waals surface area contributed by atoms with Gasteiger partial charge in [0.05, 0.1) is 18.2 Å². The van der Waals surface area contributed by atoms with Crippen LogP contribution in [0.15, 0.2) is 12.2 Å². The van der Waals surface area contributed by atoms with E-state index in [1.165, 1.54) is 0 Å². The molecule has 4 heteroatoms. The largest absolute Gasteiger partial charge is 0.481 e. The standard InChI is InChI=1S/C7H9NO3/c8-6-4-2-1-3(11-4)5(6)7(9)10/h1-6H,8H2,(H,9,10)/t3-,4+,5-,6-/m1/s1. The van der Waals surface area contributed by atoms with E-state index in [2.05, 4.69) is 0 Å². The number of fused-ring (bicyclic) bond motifs is 2. The molecule has 4 nitrogen and oxygen atoms in total. The van der Waals surface area contributed by atoms with E-state index in [1.54, 1.807) is 6.08 Å². The highest BCUT2D eigenvalue weighted by atomic mass is 16.5. The first-order valence-corrected chi connectivity index (χ1v) is 3.52. The summed E-state index contributed by atoms with van der Waals surface area (Å²) in [5, 5.41) is 8.71. The van der Waals surface area contributed by atoms with Crippen LogP contribution in [0.2, 0.25) is 0 Å². The normalized spacial score (nSPS) is 46.6. The van der Waals surface area contributed by atoms with Crippen molar-refractivity contribution < 1.29 is 14.6 Å². The minimum Gasteiger partial charge on any atom is -0.481 e. The summed E-state index contributed by atoms with van der Waals surface area (Å²) in [6, 6.07) is -0.373. The molecule has 1 saturated heterocycles. The average molecular weight is 155 g/mol. The van der Waals surface area contributed by atoms with E-state index < -0.39 is 11.9 Å². The Balaban J connectivity index is 2.25. The molecule has 0 amide bonds. The smallest absolute Gasteiger partial charge is 0.311 e. The molecule has 60 valence electrons. The fourth-order valence-electron chi connectivity index (χ4n) is 1.64. The molecule has 2 heterocycles. The quantitative estimate of drug-likeness (QED) is 0.493. The van der Waals surface area contributed by atoms with Gasteiger partial charge in [0.25, 0.3) is 0 Å². The van der Waals surface area contributed by atoms with Crippen LogP contribution < -0.4 is 5.73 Å². The number of carboxylic acid groups (broad SMARTS) is 1. The average Bonchev–Trinajstić information content (AvgIpc) is 2.44. The Kier molecular flexibility index (Phi) is 1.27. The maximum atomic E-state index is 10.6. The van der Waals surface area contributed by atoms with Gasteiger partial charge in [-0.15, -0.1) is 0 Å². The maximum absolute atomic E-state index is 10.6. The lowest BCUT2D eigenvalue weighted by atomic mass is 9.90. The van der Waals surface area contributed by atoms with Crippen LogP contribution >= 0.6 is 0 Å². The molecule has 2 rings (SSSR count). The van der Waals surface area contributed by atoms with Crippen molar-refractivity contribution in [3.8, 4) is 0 Å². The Labute approximate surface area is 63.6 Å². The molecule has 0 radical (unpaired) electrons. The first kappa shape index (κ1) is 6.82. The van der Waals surface area contributed by atoms with Crippen LogP contribution in [-0.2, 0) is 9.53 Å². The van der Waals surface area contributed by atoms with Crippen molar-refractivity contribution in [2.24, 2.45) is 11.7 Å². The molecule has 2 aliphatic rings. The van der Waals surface area contributed by atoms with Crippen molar-refractivity contribution in [1.29, 1.82) is 0 Å². The lowest BCUT2D eigenvalue weighted by Gasteiger charge is -2.16. The number of nitrogens with two attached hydrogens (primary N) is 1. The van der Waals surface area contributed by atoms with Gasteiger partial charge in [0.2, 0.25) is 0 Å². The number of aliphatic carboxylic acids is 1. The zero-order valence-electron chi connectivity index (χ0n) is 5.81. The minimum absolute atomic E-state index is 0.180. The molecule has 0 aromatic carbocycles. The maximum Gasteiger partial charge on any atom is 0.311 e. The molecule has 3 N–H and O–H groups in total. The first-order valence-electron chi connectivity index (χ1n) is 3.52. The van der Waals surface area contributed by atoms with Crippen molar-refractivity contribution in [2.45, 2.75) is 18.2 Å². The first-order chi connectivity index (χ1) is 5.20. The zero-order chi connectivity index (χ0) is 8.01. The summed E-state index contributed by atoms with van der Waals surface area (Å²) in [5.74, 6) is -1.42. The van der Waals surface area contributed by atoms with Crippen molar-refractivity contribution in [3.05, 3.63) is 12.2 Å². The summed E-state index contributed by atoms with van der Waals surface area (Å²) < 4.78 is 5.24. The summed E-state index contributed by atoms with van der Waals surface area (Å²) in [4.78, 5) is 10.6. The van der Waals surface area contributed by atoms with E-state index in [0.717, 1.165) is 0 Å². The Morgan fingerprint density at radius 2 is 2.09 bits per heavy atom. The molecule has 0 aromatic heterocycles. The second-order valence-electron chi connectivity index (χ2n) is 2.89. The fourth-order valence-corrected chi connectivity index (χ4v) is 1.64. The molecule has 11 heavy (non-hydrogen) atoms. The van der Waals surface area contributed by atoms with Gasteiger partial charge in [-0.3, -0.25) is 4.79 Å². The topological polar surface area (TPSA) is 72.6 Å². The van der Waals surface area contributed by atoms with Crippen LogP contribution in [0.4, 0.5) is 0 Å². The Bertz CT molecular complexity index is 226. The van der Waals surface area contributed by atoms with Gasteiger partial charge >= 0.3 is 5.97 Å². The molecule has 1 fully saturated rings. The lowest BCUT2D eigenvalue weighted by Crippen LogP contribution is -2.41. The van der Waals surface area contributed by atoms with Gasteiger partial charge in [-0.2, -0.15) is 0 Å². The number of hydrogen-bond acceptors (Lipinski definition) is 3.